The van der Waals surface area contributed by atoms with Crippen molar-refractivity contribution in [3.63, 3.8) is 0 Å². The summed E-state index contributed by atoms with van der Waals surface area (Å²) in [5, 5.41) is 1.41. The number of rotatable bonds is 6. The number of aryl methyl sites for hydroxylation is 4. The van der Waals surface area contributed by atoms with E-state index in [1.807, 2.05) is 45.0 Å². The Labute approximate surface area is 305 Å². The molecule has 0 aliphatic carbocycles. The summed E-state index contributed by atoms with van der Waals surface area (Å²) in [5.41, 5.74) is 4.59. The number of benzene rings is 3. The molecule has 0 unspecified atom stereocenters. The van der Waals surface area contributed by atoms with E-state index in [4.69, 9.17) is 18.1 Å². The van der Waals surface area contributed by atoms with Crippen LogP contribution in [0.2, 0.25) is 0 Å². The van der Waals surface area contributed by atoms with Gasteiger partial charge in [-0.05, 0) is 84.6 Å². The molecule has 0 aliphatic rings. The van der Waals surface area contributed by atoms with E-state index in [1.165, 1.54) is 12.3 Å². The zero-order valence-electron chi connectivity index (χ0n) is 36.2. The predicted molar refractivity (Wildman–Crippen MR) is 189 cm³/mol. The second kappa shape index (κ2) is 15.0. The van der Waals surface area contributed by atoms with E-state index in [2.05, 4.69) is 27.1 Å². The summed E-state index contributed by atoms with van der Waals surface area (Å²) in [6, 6.07) is 34.0. The number of aromatic nitrogens is 3. The Morgan fingerprint density at radius 1 is 0.787 bits per heavy atom. The van der Waals surface area contributed by atoms with Crippen molar-refractivity contribution >= 4 is 22.1 Å². The van der Waals surface area contributed by atoms with Crippen LogP contribution in [0.25, 0.3) is 44.6 Å². The van der Waals surface area contributed by atoms with E-state index in [0.29, 0.717) is 33.4 Å². The zero-order valence-corrected chi connectivity index (χ0v) is 28.6. The van der Waals surface area contributed by atoms with E-state index in [0.717, 1.165) is 22.2 Å². The van der Waals surface area contributed by atoms with Gasteiger partial charge >= 0.3 is 0 Å². The van der Waals surface area contributed by atoms with Crippen molar-refractivity contribution in [3.05, 3.63) is 150 Å². The first-order valence-electron chi connectivity index (χ1n) is 19.9. The number of hydrogen-bond donors (Lipinski definition) is 0. The molecule has 0 fully saturated rings. The first-order valence-corrected chi connectivity index (χ1v) is 14.9. The summed E-state index contributed by atoms with van der Waals surface area (Å²) in [6.45, 7) is 1.12. The monoisotopic (exact) mass is 804 g/mol. The van der Waals surface area contributed by atoms with Crippen LogP contribution in [0.5, 0.6) is 0 Å². The topological polar surface area (TPSA) is 51.8 Å². The summed E-state index contributed by atoms with van der Waals surface area (Å²) in [7, 11) is 0. The van der Waals surface area contributed by atoms with E-state index in [1.54, 1.807) is 72.9 Å². The maximum Gasteiger partial charge on any atom is 0.216 e. The van der Waals surface area contributed by atoms with Gasteiger partial charge in [0, 0.05) is 57.3 Å². The first kappa shape index (κ1) is 23.0. The van der Waals surface area contributed by atoms with Crippen molar-refractivity contribution in [1.82, 2.24) is 15.0 Å². The van der Waals surface area contributed by atoms with Crippen LogP contribution in [0.4, 0.5) is 0 Å². The van der Waals surface area contributed by atoms with Gasteiger partial charge in [-0.2, -0.15) is 0 Å². The van der Waals surface area contributed by atoms with E-state index in [-0.39, 0.29) is 43.5 Å². The minimum Gasteiger partial charge on any atom is -0.486 e. The maximum atomic E-state index is 8.84. The largest absolute Gasteiger partial charge is 0.486 e. The summed E-state index contributed by atoms with van der Waals surface area (Å²) in [5.74, 6) is 0. The molecule has 4 aromatic heterocycles. The van der Waals surface area contributed by atoms with Gasteiger partial charge in [0.2, 0.25) is 5.71 Å². The van der Waals surface area contributed by atoms with Crippen LogP contribution >= 0.6 is 0 Å². The SMILES string of the molecule is [2H]C([2H])([2H])c1ccc(-c2[c-]cccc2)nc1.[2H]C([2H])([2H])c1ccc2c(n1)oc1c(-c3cc(C([2H])([2H])Cc4ccc(C([2H])([2H])C(C)(C)C)cc4)ccn3)[c-]ccc12.[Ir]. The Morgan fingerprint density at radius 2 is 1.64 bits per heavy atom. The molecular weight excluding hydrogens is 755 g/mol. The van der Waals surface area contributed by atoms with Crippen LogP contribution in [0, 0.1) is 31.3 Å². The Morgan fingerprint density at radius 3 is 2.36 bits per heavy atom. The van der Waals surface area contributed by atoms with Gasteiger partial charge in [0.15, 0.2) is 0 Å². The molecule has 0 bridgehead atoms. The smallest absolute Gasteiger partial charge is 0.216 e. The fourth-order valence-corrected chi connectivity index (χ4v) is 4.94. The number of nitrogens with zero attached hydrogens (tertiary/aromatic N) is 3. The number of pyridine rings is 3. The van der Waals surface area contributed by atoms with Gasteiger partial charge in [-0.15, -0.1) is 54.1 Å². The van der Waals surface area contributed by atoms with E-state index < -0.39 is 31.9 Å². The first-order chi connectivity index (χ1) is 26.1. The molecule has 7 rings (SSSR count). The molecule has 0 amide bonds. The van der Waals surface area contributed by atoms with Crippen molar-refractivity contribution < 1.29 is 38.2 Å². The van der Waals surface area contributed by atoms with Crippen LogP contribution in [-0.2, 0) is 39.3 Å². The molecular formula is C42H39IrN3O-2. The Kier molecular flexibility index (Phi) is 7.32. The van der Waals surface area contributed by atoms with Gasteiger partial charge in [0.05, 0.1) is 5.58 Å². The predicted octanol–water partition coefficient (Wildman–Crippen LogP) is 10.4. The Bertz CT molecular complexity index is 2460. The molecule has 0 saturated heterocycles. The van der Waals surface area contributed by atoms with Gasteiger partial charge in [-0.25, -0.2) is 4.98 Å². The molecule has 5 heteroatoms. The molecule has 4 heterocycles. The minimum absolute atomic E-state index is 0. The molecule has 4 nitrogen and oxygen atoms in total. The van der Waals surface area contributed by atoms with Crippen molar-refractivity contribution in [2.24, 2.45) is 5.41 Å². The van der Waals surface area contributed by atoms with E-state index >= 15 is 0 Å². The van der Waals surface area contributed by atoms with Gasteiger partial charge in [-0.3, -0.25) is 0 Å². The van der Waals surface area contributed by atoms with Crippen LogP contribution in [0.1, 0.15) is 62.4 Å². The third-order valence-corrected chi connectivity index (χ3v) is 7.03. The van der Waals surface area contributed by atoms with E-state index in [9.17, 15) is 0 Å². The van der Waals surface area contributed by atoms with Crippen molar-refractivity contribution in [1.29, 1.82) is 0 Å². The molecule has 0 atom stereocenters. The van der Waals surface area contributed by atoms with Crippen molar-refractivity contribution in [3.8, 4) is 22.5 Å². The molecule has 239 valence electrons. The normalized spacial score (nSPS) is 15.5. The summed E-state index contributed by atoms with van der Waals surface area (Å²) < 4.78 is 85.3. The molecule has 3 aromatic carbocycles. The maximum absolute atomic E-state index is 8.84. The zero-order chi connectivity index (χ0) is 40.7. The van der Waals surface area contributed by atoms with Crippen LogP contribution < -0.4 is 0 Å². The van der Waals surface area contributed by atoms with Crippen LogP contribution in [-0.4, -0.2) is 15.0 Å². The Balaban J connectivity index is 0.000000305. The molecule has 0 aliphatic heterocycles. The van der Waals surface area contributed by atoms with Crippen molar-refractivity contribution in [2.45, 2.75) is 53.6 Å². The summed E-state index contributed by atoms with van der Waals surface area (Å²) >= 11 is 0. The quantitative estimate of drug-likeness (QED) is 0.157. The molecule has 1 radical (unpaired) electrons. The van der Waals surface area contributed by atoms with Gasteiger partial charge in [0.1, 0.15) is 0 Å². The van der Waals surface area contributed by atoms with Crippen LogP contribution in [0.15, 0.2) is 114 Å². The average molecular weight is 804 g/mol. The van der Waals surface area contributed by atoms with Crippen molar-refractivity contribution in [2.75, 3.05) is 0 Å². The third-order valence-electron chi connectivity index (χ3n) is 7.03. The number of fused-ring (bicyclic) bond motifs is 3. The molecule has 0 N–H and O–H groups in total. The molecule has 0 spiro atoms. The fourth-order valence-electron chi connectivity index (χ4n) is 4.94. The third kappa shape index (κ3) is 8.68. The number of hydrogen-bond acceptors (Lipinski definition) is 4. The minimum atomic E-state index is -2.36. The van der Waals surface area contributed by atoms with Crippen LogP contribution in [0.3, 0.4) is 0 Å². The standard InChI is InChI=1S/C30H29N2O.C12H10N.Ir/c1-20-8-15-25-24-6-5-7-26(28(24)33-29(25)32-20)27-18-22(16-17-31-27)12-9-21-10-13-23(14-11-21)19-30(2,3)4;1-10-7-8-12(13-9-10)11-5-3-2-4-6-11;/h5-6,8,10-11,13-18H,9,12,19H2,1-4H3;2-5,7-9H,1H3;/q2*-1;/i1D3,12D2,19D2;1D3;. The van der Waals surface area contributed by atoms with Gasteiger partial charge in [-0.1, -0.05) is 79.7 Å². The summed E-state index contributed by atoms with van der Waals surface area (Å²) in [6.07, 6.45) is -0.231. The van der Waals surface area contributed by atoms with Gasteiger partial charge < -0.3 is 14.4 Å². The summed E-state index contributed by atoms with van der Waals surface area (Å²) in [4.78, 5) is 12.8. The second-order valence-electron chi connectivity index (χ2n) is 11.8. The molecule has 47 heavy (non-hydrogen) atoms. The molecule has 0 saturated carbocycles. The van der Waals surface area contributed by atoms with Gasteiger partial charge in [0.25, 0.3) is 0 Å². The average Bonchev–Trinajstić information content (AvgIpc) is 3.53. The Hall–Kier alpha value is -4.44. The fraction of sp³-hybridized carbons (Fsp3) is 0.214. The molecule has 7 aromatic rings. The number of furan rings is 1. The second-order valence-corrected chi connectivity index (χ2v) is 11.8.